The molecular weight excluding hydrogens is 300 g/mol. The number of benzene rings is 1. The van der Waals surface area contributed by atoms with Crippen LogP contribution >= 0.6 is 11.3 Å². The molecule has 2 aliphatic carbocycles. The minimum atomic E-state index is -0.888. The molecule has 4 rings (SSSR count). The molecule has 2 bridgehead atoms. The number of nitrogens with one attached hydrogen (secondary N) is 1. The van der Waals surface area contributed by atoms with Gasteiger partial charge in [0, 0.05) is 0 Å². The molecule has 6 heteroatoms. The van der Waals surface area contributed by atoms with E-state index in [9.17, 15) is 14.7 Å². The fourth-order valence-corrected chi connectivity index (χ4v) is 4.50. The summed E-state index contributed by atoms with van der Waals surface area (Å²) in [5.41, 5.74) is 0.838. The van der Waals surface area contributed by atoms with Gasteiger partial charge in [0.15, 0.2) is 5.13 Å². The summed E-state index contributed by atoms with van der Waals surface area (Å²) in [6, 6.07) is 7.66. The number of allylic oxidation sites excluding steroid dienone is 2. The second kappa shape index (κ2) is 4.91. The van der Waals surface area contributed by atoms with Crippen LogP contribution in [0.25, 0.3) is 10.2 Å². The van der Waals surface area contributed by atoms with Crippen molar-refractivity contribution in [3.8, 4) is 0 Å². The Balaban J connectivity index is 1.59. The molecule has 5 nitrogen and oxygen atoms in total. The zero-order chi connectivity index (χ0) is 15.3. The van der Waals surface area contributed by atoms with E-state index in [0.717, 1.165) is 16.6 Å². The quantitative estimate of drug-likeness (QED) is 0.854. The SMILES string of the molecule is O=C(O)[C@@H]1[C@H](C(=O)Nc2nc3ccccc3s2)[C@H]2C=C[C@H]1C2. The Morgan fingerprint density at radius 2 is 1.91 bits per heavy atom. The van der Waals surface area contributed by atoms with Crippen molar-refractivity contribution in [1.82, 2.24) is 4.98 Å². The molecule has 0 unspecified atom stereocenters. The minimum Gasteiger partial charge on any atom is -0.481 e. The van der Waals surface area contributed by atoms with E-state index in [-0.39, 0.29) is 17.7 Å². The lowest BCUT2D eigenvalue weighted by Gasteiger charge is -2.23. The van der Waals surface area contributed by atoms with E-state index < -0.39 is 17.8 Å². The highest BCUT2D eigenvalue weighted by Crippen LogP contribution is 2.48. The Bertz CT molecular complexity index is 765. The number of carbonyl (C=O) groups excluding carboxylic acids is 1. The van der Waals surface area contributed by atoms with Crippen LogP contribution in [0.4, 0.5) is 5.13 Å². The Labute approximate surface area is 130 Å². The van der Waals surface area contributed by atoms with Crippen LogP contribution in [0.15, 0.2) is 36.4 Å². The van der Waals surface area contributed by atoms with Gasteiger partial charge in [-0.15, -0.1) is 0 Å². The molecule has 1 aromatic carbocycles. The molecule has 1 fully saturated rings. The molecule has 1 aromatic heterocycles. The van der Waals surface area contributed by atoms with E-state index in [0.29, 0.717) is 5.13 Å². The van der Waals surface area contributed by atoms with Gasteiger partial charge in [-0.25, -0.2) is 4.98 Å². The van der Waals surface area contributed by atoms with Crippen molar-refractivity contribution in [2.75, 3.05) is 5.32 Å². The van der Waals surface area contributed by atoms with Crippen molar-refractivity contribution in [3.05, 3.63) is 36.4 Å². The molecule has 1 heterocycles. The van der Waals surface area contributed by atoms with Crippen LogP contribution in [0.3, 0.4) is 0 Å². The average molecular weight is 314 g/mol. The van der Waals surface area contributed by atoms with Crippen LogP contribution in [0.1, 0.15) is 6.42 Å². The molecule has 112 valence electrons. The largest absolute Gasteiger partial charge is 0.481 e. The van der Waals surface area contributed by atoms with Crippen molar-refractivity contribution < 1.29 is 14.7 Å². The molecule has 2 aromatic rings. The summed E-state index contributed by atoms with van der Waals surface area (Å²) in [5, 5.41) is 12.8. The lowest BCUT2D eigenvalue weighted by atomic mass is 9.82. The molecule has 0 aliphatic heterocycles. The first kappa shape index (κ1) is 13.5. The lowest BCUT2D eigenvalue weighted by Crippen LogP contribution is -2.36. The standard InChI is InChI=1S/C16H14N2O3S/c19-14(12-8-5-6-9(7-8)13(12)15(20)21)18-16-17-10-3-1-2-4-11(10)22-16/h1-6,8-9,12-13H,7H2,(H,20,21)(H,17,18,19)/t8-,9-,12+,13-/m0/s1. The number of para-hydroxylation sites is 1. The topological polar surface area (TPSA) is 79.3 Å². The van der Waals surface area contributed by atoms with E-state index in [1.807, 2.05) is 36.4 Å². The summed E-state index contributed by atoms with van der Waals surface area (Å²) >= 11 is 1.41. The predicted octanol–water partition coefficient (Wildman–Crippen LogP) is 2.76. The van der Waals surface area contributed by atoms with Gasteiger partial charge in [0.05, 0.1) is 22.1 Å². The van der Waals surface area contributed by atoms with Gasteiger partial charge in [-0.1, -0.05) is 35.6 Å². The fraction of sp³-hybridized carbons (Fsp3) is 0.312. The van der Waals surface area contributed by atoms with Crippen molar-refractivity contribution in [1.29, 1.82) is 0 Å². The molecule has 0 spiro atoms. The van der Waals surface area contributed by atoms with Gasteiger partial charge in [0.25, 0.3) is 0 Å². The molecular formula is C16H14N2O3S. The smallest absolute Gasteiger partial charge is 0.307 e. The second-order valence-electron chi connectivity index (χ2n) is 5.81. The van der Waals surface area contributed by atoms with Crippen LogP contribution in [0, 0.1) is 23.7 Å². The molecule has 2 N–H and O–H groups in total. The third kappa shape index (κ3) is 2.02. The number of amides is 1. The van der Waals surface area contributed by atoms with E-state index in [1.165, 1.54) is 11.3 Å². The van der Waals surface area contributed by atoms with Crippen LogP contribution in [-0.2, 0) is 9.59 Å². The Hall–Kier alpha value is -2.21. The highest BCUT2D eigenvalue weighted by molar-refractivity contribution is 7.22. The normalized spacial score (nSPS) is 29.1. The zero-order valence-electron chi connectivity index (χ0n) is 11.6. The maximum Gasteiger partial charge on any atom is 0.307 e. The van der Waals surface area contributed by atoms with Crippen molar-refractivity contribution in [2.24, 2.45) is 23.7 Å². The Morgan fingerprint density at radius 3 is 2.64 bits per heavy atom. The number of nitrogens with zero attached hydrogens (tertiary/aromatic N) is 1. The number of hydrogen-bond acceptors (Lipinski definition) is 4. The average Bonchev–Trinajstić information content (AvgIpc) is 3.19. The molecule has 22 heavy (non-hydrogen) atoms. The van der Waals surface area contributed by atoms with Crippen molar-refractivity contribution >= 4 is 38.6 Å². The molecule has 0 radical (unpaired) electrons. The summed E-state index contributed by atoms with van der Waals surface area (Å²) in [6.45, 7) is 0. The summed E-state index contributed by atoms with van der Waals surface area (Å²) in [5.74, 6) is -2.23. The first-order valence-electron chi connectivity index (χ1n) is 7.21. The molecule has 4 atom stereocenters. The Kier molecular flexibility index (Phi) is 3.00. The van der Waals surface area contributed by atoms with Crippen molar-refractivity contribution in [2.45, 2.75) is 6.42 Å². The van der Waals surface area contributed by atoms with Crippen LogP contribution < -0.4 is 5.32 Å². The fourth-order valence-electron chi connectivity index (χ4n) is 3.63. The second-order valence-corrected chi connectivity index (χ2v) is 6.84. The molecule has 1 saturated carbocycles. The summed E-state index contributed by atoms with van der Waals surface area (Å²) in [6.07, 6.45) is 4.67. The summed E-state index contributed by atoms with van der Waals surface area (Å²) in [7, 11) is 0. The number of fused-ring (bicyclic) bond motifs is 3. The summed E-state index contributed by atoms with van der Waals surface area (Å²) < 4.78 is 1.00. The monoisotopic (exact) mass is 314 g/mol. The number of hydrogen-bond donors (Lipinski definition) is 2. The predicted molar refractivity (Wildman–Crippen MR) is 83.6 cm³/mol. The number of anilines is 1. The minimum absolute atomic E-state index is 0.0198. The molecule has 1 amide bonds. The van der Waals surface area contributed by atoms with Crippen LogP contribution in [0.5, 0.6) is 0 Å². The number of aliphatic carboxylic acids is 1. The van der Waals surface area contributed by atoms with Crippen molar-refractivity contribution in [3.63, 3.8) is 0 Å². The number of carboxylic acids is 1. The zero-order valence-corrected chi connectivity index (χ0v) is 12.4. The molecule has 2 aliphatic rings. The molecule has 0 saturated heterocycles. The van der Waals surface area contributed by atoms with Gasteiger partial charge in [-0.2, -0.15) is 0 Å². The number of thiazole rings is 1. The van der Waals surface area contributed by atoms with Crippen LogP contribution in [0.2, 0.25) is 0 Å². The van der Waals surface area contributed by atoms with Gasteiger partial charge in [-0.05, 0) is 30.4 Å². The van der Waals surface area contributed by atoms with E-state index >= 15 is 0 Å². The highest BCUT2D eigenvalue weighted by Gasteiger charge is 2.51. The van der Waals surface area contributed by atoms with E-state index in [1.54, 1.807) is 0 Å². The number of rotatable bonds is 3. The first-order valence-corrected chi connectivity index (χ1v) is 8.03. The number of aromatic nitrogens is 1. The lowest BCUT2D eigenvalue weighted by molar-refractivity contribution is -0.146. The van der Waals surface area contributed by atoms with Crippen LogP contribution in [-0.4, -0.2) is 22.0 Å². The van der Waals surface area contributed by atoms with Gasteiger partial charge in [0.1, 0.15) is 0 Å². The van der Waals surface area contributed by atoms with Gasteiger partial charge < -0.3 is 10.4 Å². The third-order valence-electron chi connectivity index (χ3n) is 4.57. The van der Waals surface area contributed by atoms with Gasteiger partial charge >= 0.3 is 5.97 Å². The highest BCUT2D eigenvalue weighted by atomic mass is 32.1. The third-order valence-corrected chi connectivity index (χ3v) is 5.52. The number of carbonyl (C=O) groups is 2. The maximum absolute atomic E-state index is 12.6. The summed E-state index contributed by atoms with van der Waals surface area (Å²) in [4.78, 5) is 28.4. The first-order chi connectivity index (χ1) is 10.6. The van der Waals surface area contributed by atoms with Gasteiger partial charge in [-0.3, -0.25) is 9.59 Å². The maximum atomic E-state index is 12.6. The van der Waals surface area contributed by atoms with Gasteiger partial charge in [0.2, 0.25) is 5.91 Å². The van der Waals surface area contributed by atoms with E-state index in [4.69, 9.17) is 0 Å². The number of carboxylic acid groups (broad SMARTS) is 1. The van der Waals surface area contributed by atoms with E-state index in [2.05, 4.69) is 10.3 Å². The Morgan fingerprint density at radius 1 is 1.18 bits per heavy atom.